The first-order chi connectivity index (χ1) is 15.8. The minimum absolute atomic E-state index is 0.0194. The highest BCUT2D eigenvalue weighted by molar-refractivity contribution is 7.89. The van der Waals surface area contributed by atoms with E-state index in [2.05, 4.69) is 0 Å². The van der Waals surface area contributed by atoms with Gasteiger partial charge < -0.3 is 14.5 Å². The number of piperazine rings is 1. The van der Waals surface area contributed by atoms with Crippen LogP contribution in [-0.4, -0.2) is 69.9 Å². The molecule has 0 aromatic heterocycles. The number of methoxy groups -OCH3 is 1. The van der Waals surface area contributed by atoms with Crippen LogP contribution in [0.1, 0.15) is 18.4 Å². The minimum Gasteiger partial charge on any atom is -0.496 e. The summed E-state index contributed by atoms with van der Waals surface area (Å²) in [5.74, 6) is -0.0174. The van der Waals surface area contributed by atoms with Gasteiger partial charge in [0.05, 0.1) is 23.6 Å². The molecule has 2 saturated heterocycles. The van der Waals surface area contributed by atoms with E-state index in [1.807, 2.05) is 4.90 Å². The molecule has 0 bridgehead atoms. The zero-order valence-electron chi connectivity index (χ0n) is 19.0. The van der Waals surface area contributed by atoms with E-state index in [0.29, 0.717) is 57.0 Å². The number of sulfonamides is 1. The van der Waals surface area contributed by atoms with Gasteiger partial charge >= 0.3 is 0 Å². The Balaban J connectivity index is 1.41. The molecule has 2 aliphatic rings. The Morgan fingerprint density at radius 1 is 1.06 bits per heavy atom. The van der Waals surface area contributed by atoms with Crippen LogP contribution >= 0.6 is 0 Å². The molecular weight excluding hydrogens is 445 g/mol. The molecule has 7 nitrogen and oxygen atoms in total. The Morgan fingerprint density at radius 3 is 2.45 bits per heavy atom. The van der Waals surface area contributed by atoms with E-state index in [1.54, 1.807) is 55.3 Å². The van der Waals surface area contributed by atoms with Crippen molar-refractivity contribution in [3.8, 4) is 5.75 Å². The van der Waals surface area contributed by atoms with E-state index in [0.717, 1.165) is 5.56 Å². The number of hydrogen-bond acceptors (Lipinski definition) is 5. The first-order valence-corrected chi connectivity index (χ1v) is 12.7. The average Bonchev–Trinajstić information content (AvgIpc) is 2.84. The molecule has 0 aliphatic carbocycles. The summed E-state index contributed by atoms with van der Waals surface area (Å²) in [7, 11) is -2.15. The van der Waals surface area contributed by atoms with Gasteiger partial charge in [-0.2, -0.15) is 4.31 Å². The van der Waals surface area contributed by atoms with Crippen molar-refractivity contribution in [2.75, 3.05) is 51.3 Å². The second kappa shape index (κ2) is 9.69. The standard InChI is InChI=1S/C24H30FN3O4S/c1-18-16-20(9-10-23(18)32-2)33(30,31)28-11-5-6-19(17-28)24(29)27-14-12-26(13-15-27)22-8-4-3-7-21(22)25/h3-4,7-10,16,19H,5-6,11-15,17H2,1-2H3/t19-/m1/s1. The smallest absolute Gasteiger partial charge is 0.243 e. The first kappa shape index (κ1) is 23.5. The number of piperidine rings is 1. The van der Waals surface area contributed by atoms with Gasteiger partial charge in [-0.15, -0.1) is 0 Å². The SMILES string of the molecule is COc1ccc(S(=O)(=O)N2CCC[C@@H](C(=O)N3CCN(c4ccccc4F)CC3)C2)cc1C. The molecule has 1 amide bonds. The largest absolute Gasteiger partial charge is 0.496 e. The third-order valence-electron chi connectivity index (χ3n) is 6.52. The van der Waals surface area contributed by atoms with Crippen LogP contribution in [0.3, 0.4) is 0 Å². The second-order valence-corrected chi connectivity index (χ2v) is 10.5. The van der Waals surface area contributed by atoms with Crippen LogP contribution in [0.4, 0.5) is 10.1 Å². The predicted molar refractivity (Wildman–Crippen MR) is 124 cm³/mol. The van der Waals surface area contributed by atoms with Gasteiger partial charge in [0.2, 0.25) is 15.9 Å². The number of benzene rings is 2. The Labute approximate surface area is 194 Å². The van der Waals surface area contributed by atoms with Crippen LogP contribution in [0.2, 0.25) is 0 Å². The molecule has 0 spiro atoms. The lowest BCUT2D eigenvalue weighted by molar-refractivity contribution is -0.137. The average molecular weight is 476 g/mol. The Bertz CT molecular complexity index is 1120. The summed E-state index contributed by atoms with van der Waals surface area (Å²) in [6.45, 7) is 4.47. The molecule has 2 heterocycles. The van der Waals surface area contributed by atoms with Gasteiger partial charge in [-0.05, 0) is 55.7 Å². The van der Waals surface area contributed by atoms with E-state index in [4.69, 9.17) is 4.74 Å². The summed E-state index contributed by atoms with van der Waals surface area (Å²) in [5.41, 5.74) is 1.30. The van der Waals surface area contributed by atoms with Gasteiger partial charge in [0.1, 0.15) is 11.6 Å². The number of para-hydroxylation sites is 1. The molecule has 4 rings (SSSR count). The lowest BCUT2D eigenvalue weighted by atomic mass is 9.97. The van der Waals surface area contributed by atoms with Gasteiger partial charge in [0, 0.05) is 39.3 Å². The van der Waals surface area contributed by atoms with Crippen LogP contribution in [-0.2, 0) is 14.8 Å². The molecule has 2 aromatic rings. The number of nitrogens with zero attached hydrogens (tertiary/aromatic N) is 3. The number of ether oxygens (including phenoxy) is 1. The van der Waals surface area contributed by atoms with Crippen molar-refractivity contribution in [3.05, 3.63) is 53.8 Å². The van der Waals surface area contributed by atoms with Gasteiger partial charge in [0.25, 0.3) is 0 Å². The summed E-state index contributed by atoms with van der Waals surface area (Å²) >= 11 is 0. The number of halogens is 1. The normalized spacial score (nSPS) is 20.0. The van der Waals surface area contributed by atoms with Crippen molar-refractivity contribution < 1.29 is 22.3 Å². The quantitative estimate of drug-likeness (QED) is 0.665. The maximum Gasteiger partial charge on any atom is 0.243 e. The number of carbonyl (C=O) groups excluding carboxylic acids is 1. The number of amides is 1. The molecule has 33 heavy (non-hydrogen) atoms. The van der Waals surface area contributed by atoms with Crippen LogP contribution in [0.5, 0.6) is 5.75 Å². The highest BCUT2D eigenvalue weighted by Gasteiger charge is 2.36. The summed E-state index contributed by atoms with van der Waals surface area (Å²) in [4.78, 5) is 17.2. The maximum atomic E-state index is 14.1. The fourth-order valence-electron chi connectivity index (χ4n) is 4.66. The number of anilines is 1. The molecule has 0 radical (unpaired) electrons. The first-order valence-electron chi connectivity index (χ1n) is 11.2. The van der Waals surface area contributed by atoms with Crippen molar-refractivity contribution in [3.63, 3.8) is 0 Å². The fourth-order valence-corrected chi connectivity index (χ4v) is 6.27. The number of carbonyl (C=O) groups is 1. The number of rotatable bonds is 5. The highest BCUT2D eigenvalue weighted by atomic mass is 32.2. The molecule has 9 heteroatoms. The topological polar surface area (TPSA) is 70.2 Å². The Morgan fingerprint density at radius 2 is 1.79 bits per heavy atom. The monoisotopic (exact) mass is 475 g/mol. The molecule has 2 aromatic carbocycles. The van der Waals surface area contributed by atoms with E-state index in [-0.39, 0.29) is 29.1 Å². The minimum atomic E-state index is -3.70. The van der Waals surface area contributed by atoms with Gasteiger partial charge in [-0.25, -0.2) is 12.8 Å². The third-order valence-corrected chi connectivity index (χ3v) is 8.38. The lowest BCUT2D eigenvalue weighted by Crippen LogP contribution is -2.53. The zero-order valence-corrected chi connectivity index (χ0v) is 19.9. The van der Waals surface area contributed by atoms with E-state index in [1.165, 1.54) is 10.4 Å². The highest BCUT2D eigenvalue weighted by Crippen LogP contribution is 2.28. The predicted octanol–water partition coefficient (Wildman–Crippen LogP) is 2.89. The van der Waals surface area contributed by atoms with Crippen molar-refractivity contribution in [2.24, 2.45) is 5.92 Å². The van der Waals surface area contributed by atoms with Crippen LogP contribution in [0.15, 0.2) is 47.4 Å². The number of hydrogen-bond donors (Lipinski definition) is 0. The van der Waals surface area contributed by atoms with E-state index < -0.39 is 10.0 Å². The molecule has 2 aliphatic heterocycles. The van der Waals surface area contributed by atoms with Crippen molar-refractivity contribution >= 4 is 21.6 Å². The van der Waals surface area contributed by atoms with Gasteiger partial charge in [-0.3, -0.25) is 4.79 Å². The summed E-state index contributed by atoms with van der Waals surface area (Å²) in [6.07, 6.45) is 1.31. The van der Waals surface area contributed by atoms with Crippen LogP contribution in [0.25, 0.3) is 0 Å². The molecule has 2 fully saturated rings. The van der Waals surface area contributed by atoms with Gasteiger partial charge in [0.15, 0.2) is 0 Å². The summed E-state index contributed by atoms with van der Waals surface area (Å²) in [5, 5.41) is 0. The van der Waals surface area contributed by atoms with Crippen molar-refractivity contribution in [1.82, 2.24) is 9.21 Å². The molecule has 0 saturated carbocycles. The summed E-state index contributed by atoms with van der Waals surface area (Å²) in [6, 6.07) is 11.5. The van der Waals surface area contributed by atoms with Crippen LogP contribution < -0.4 is 9.64 Å². The lowest BCUT2D eigenvalue weighted by Gasteiger charge is -2.39. The molecule has 1 atom stereocenters. The summed E-state index contributed by atoms with van der Waals surface area (Å²) < 4.78 is 47.2. The molecular formula is C24H30FN3O4S. The van der Waals surface area contributed by atoms with Gasteiger partial charge in [-0.1, -0.05) is 12.1 Å². The van der Waals surface area contributed by atoms with E-state index >= 15 is 0 Å². The van der Waals surface area contributed by atoms with Crippen molar-refractivity contribution in [2.45, 2.75) is 24.7 Å². The number of aryl methyl sites for hydroxylation is 1. The molecule has 178 valence electrons. The Kier molecular flexibility index (Phi) is 6.90. The van der Waals surface area contributed by atoms with E-state index in [9.17, 15) is 17.6 Å². The Hall–Kier alpha value is -2.65. The zero-order chi connectivity index (χ0) is 23.6. The molecule has 0 N–H and O–H groups in total. The fraction of sp³-hybridized carbons (Fsp3) is 0.458. The molecule has 0 unspecified atom stereocenters. The third kappa shape index (κ3) is 4.84. The maximum absolute atomic E-state index is 14.1. The second-order valence-electron chi connectivity index (χ2n) is 8.60. The van der Waals surface area contributed by atoms with Crippen LogP contribution in [0, 0.1) is 18.7 Å². The van der Waals surface area contributed by atoms with Crippen molar-refractivity contribution in [1.29, 1.82) is 0 Å².